The minimum absolute atomic E-state index is 0.205. The van der Waals surface area contributed by atoms with Crippen molar-refractivity contribution in [1.82, 2.24) is 19.0 Å². The highest BCUT2D eigenvalue weighted by Gasteiger charge is 2.52. The molecule has 2 aromatic heterocycles. The van der Waals surface area contributed by atoms with E-state index in [-0.39, 0.29) is 12.1 Å². The Morgan fingerprint density at radius 1 is 1.06 bits per heavy atom. The lowest BCUT2D eigenvalue weighted by molar-refractivity contribution is -0.0248. The van der Waals surface area contributed by atoms with E-state index in [1.54, 1.807) is 4.72 Å². The number of aromatic nitrogens is 3. The van der Waals surface area contributed by atoms with Gasteiger partial charge in [0.1, 0.15) is 29.2 Å². The maximum atomic E-state index is 14.9. The summed E-state index contributed by atoms with van der Waals surface area (Å²) in [6.45, 7) is -0.798. The Bertz CT molecular complexity index is 1720. The Morgan fingerprint density at radius 2 is 1.69 bits per heavy atom. The van der Waals surface area contributed by atoms with E-state index < -0.39 is 96.9 Å². The van der Waals surface area contributed by atoms with Crippen molar-refractivity contribution < 1.29 is 43.7 Å². The zero-order valence-corrected chi connectivity index (χ0v) is 18.4. The number of hydrogen-bond donors (Lipinski definition) is 1. The quantitative estimate of drug-likeness (QED) is 0.404. The van der Waals surface area contributed by atoms with E-state index in [1.165, 1.54) is 0 Å². The molecular formula is C20H11F7N4O4S. The van der Waals surface area contributed by atoms with Crippen LogP contribution in [0.2, 0.25) is 0 Å². The predicted molar refractivity (Wildman–Crippen MR) is 108 cm³/mol. The summed E-state index contributed by atoms with van der Waals surface area (Å²) in [5.74, 6) is -12.7. The van der Waals surface area contributed by atoms with Gasteiger partial charge in [-0.05, 0) is 0 Å². The molecule has 0 amide bonds. The van der Waals surface area contributed by atoms with Crippen molar-refractivity contribution in [3.05, 3.63) is 69.7 Å². The van der Waals surface area contributed by atoms with E-state index in [1.807, 2.05) is 0 Å². The van der Waals surface area contributed by atoms with Gasteiger partial charge in [0.25, 0.3) is 0 Å². The van der Waals surface area contributed by atoms with Gasteiger partial charge in [0.05, 0.1) is 23.8 Å². The third-order valence-electron chi connectivity index (χ3n) is 5.60. The van der Waals surface area contributed by atoms with Crippen molar-refractivity contribution in [3.63, 3.8) is 0 Å². The molecule has 0 aliphatic carbocycles. The lowest BCUT2D eigenvalue weighted by atomic mass is 9.99. The molecule has 8 nitrogen and oxygen atoms in total. The molecule has 0 radical (unpaired) electrons. The number of sulfonamides is 1. The number of alkyl halides is 2. The SMILES string of the molecule is CS(=O)(=O)N[C@@H]1Cn2c(cn(-c3noc4cc(F)c(F)c(-c5c(F)cc(F)cc5F)c34)c2=O)C1(F)F. The van der Waals surface area contributed by atoms with Gasteiger partial charge < -0.3 is 4.52 Å². The zero-order valence-electron chi connectivity index (χ0n) is 17.6. The first-order chi connectivity index (χ1) is 16.7. The zero-order chi connectivity index (χ0) is 26.3. The first kappa shape index (κ1) is 24.1. The van der Waals surface area contributed by atoms with Gasteiger partial charge in [0.15, 0.2) is 23.0 Å². The molecule has 3 heterocycles. The standard InChI is InChI=1S/C20H11F7N4O4S/c1-36(33,34)29-12-5-30-13(20(12,26)27)6-31(19(30)32)18-15-11(35-28-18)4-10(24)17(25)16(15)14-8(22)2-7(21)3-9(14)23/h2-4,6,12,29H,5H2,1H3/t12-/m1/s1. The van der Waals surface area contributed by atoms with Crippen LogP contribution in [0, 0.1) is 29.1 Å². The van der Waals surface area contributed by atoms with Gasteiger partial charge in [0, 0.05) is 30.0 Å². The maximum Gasteiger partial charge on any atom is 0.334 e. The molecule has 1 aliphatic rings. The fraction of sp³-hybridized carbons (Fsp3) is 0.200. The second-order valence-electron chi connectivity index (χ2n) is 8.01. The molecule has 190 valence electrons. The van der Waals surface area contributed by atoms with Gasteiger partial charge in [-0.25, -0.2) is 44.5 Å². The molecule has 0 bridgehead atoms. The monoisotopic (exact) mass is 536 g/mol. The van der Waals surface area contributed by atoms with Crippen molar-refractivity contribution in [2.24, 2.45) is 0 Å². The molecule has 0 spiro atoms. The number of rotatable bonds is 4. The Hall–Kier alpha value is -3.66. The molecule has 5 rings (SSSR count). The van der Waals surface area contributed by atoms with Gasteiger partial charge >= 0.3 is 11.6 Å². The summed E-state index contributed by atoms with van der Waals surface area (Å²) in [5, 5.41) is 2.81. The van der Waals surface area contributed by atoms with Crippen LogP contribution in [0.4, 0.5) is 30.7 Å². The second-order valence-corrected chi connectivity index (χ2v) is 9.79. The van der Waals surface area contributed by atoms with Crippen molar-refractivity contribution in [1.29, 1.82) is 0 Å². The number of fused-ring (bicyclic) bond motifs is 2. The molecule has 4 aromatic rings. The maximum absolute atomic E-state index is 14.9. The van der Waals surface area contributed by atoms with Crippen molar-refractivity contribution in [2.75, 3.05) is 6.26 Å². The molecule has 0 fully saturated rings. The van der Waals surface area contributed by atoms with E-state index in [4.69, 9.17) is 4.52 Å². The third-order valence-corrected chi connectivity index (χ3v) is 6.31. The normalized spacial score (nSPS) is 17.2. The van der Waals surface area contributed by atoms with Crippen LogP contribution in [0.15, 0.2) is 33.7 Å². The number of nitrogens with zero attached hydrogens (tertiary/aromatic N) is 3. The molecule has 0 saturated heterocycles. The Labute approximate surface area is 195 Å². The van der Waals surface area contributed by atoms with Crippen LogP contribution in [0.1, 0.15) is 5.69 Å². The van der Waals surface area contributed by atoms with Gasteiger partial charge in [-0.2, -0.15) is 8.78 Å². The highest BCUT2D eigenvalue weighted by molar-refractivity contribution is 7.88. The van der Waals surface area contributed by atoms with Crippen LogP contribution in [0.5, 0.6) is 0 Å². The summed E-state index contributed by atoms with van der Waals surface area (Å²) in [6, 6.07) is -1.13. The molecule has 36 heavy (non-hydrogen) atoms. The van der Waals surface area contributed by atoms with Crippen molar-refractivity contribution in [3.8, 4) is 16.9 Å². The molecule has 1 atom stereocenters. The number of imidazole rings is 1. The van der Waals surface area contributed by atoms with Crippen LogP contribution in [0.3, 0.4) is 0 Å². The van der Waals surface area contributed by atoms with Crippen LogP contribution < -0.4 is 10.4 Å². The Morgan fingerprint density at radius 3 is 2.28 bits per heavy atom. The highest BCUT2D eigenvalue weighted by Crippen LogP contribution is 2.41. The number of nitrogens with one attached hydrogen (secondary N) is 1. The molecule has 2 aromatic carbocycles. The van der Waals surface area contributed by atoms with E-state index in [0.29, 0.717) is 27.7 Å². The highest BCUT2D eigenvalue weighted by atomic mass is 32.2. The summed E-state index contributed by atoms with van der Waals surface area (Å²) in [4.78, 5) is 12.9. The van der Waals surface area contributed by atoms with Crippen LogP contribution in [0.25, 0.3) is 27.9 Å². The van der Waals surface area contributed by atoms with Crippen LogP contribution in [-0.2, 0) is 22.5 Å². The summed E-state index contributed by atoms with van der Waals surface area (Å²) in [6.07, 6.45) is 1.21. The number of hydrogen-bond acceptors (Lipinski definition) is 5. The molecule has 0 saturated carbocycles. The van der Waals surface area contributed by atoms with E-state index in [0.717, 1.165) is 0 Å². The number of halogens is 7. The predicted octanol–water partition coefficient (Wildman–Crippen LogP) is 3.17. The third kappa shape index (κ3) is 3.50. The smallest absolute Gasteiger partial charge is 0.334 e. The van der Waals surface area contributed by atoms with Crippen molar-refractivity contribution in [2.45, 2.75) is 18.5 Å². The van der Waals surface area contributed by atoms with E-state index in [9.17, 15) is 43.9 Å². The first-order valence-corrected chi connectivity index (χ1v) is 11.7. The van der Waals surface area contributed by atoms with Gasteiger partial charge in [-0.15, -0.1) is 0 Å². The average molecular weight is 536 g/mol. The van der Waals surface area contributed by atoms with E-state index in [2.05, 4.69) is 5.16 Å². The van der Waals surface area contributed by atoms with Gasteiger partial charge in [-0.3, -0.25) is 4.57 Å². The molecule has 16 heteroatoms. The first-order valence-electron chi connectivity index (χ1n) is 9.81. The van der Waals surface area contributed by atoms with Gasteiger partial charge in [0.2, 0.25) is 10.0 Å². The summed E-state index contributed by atoms with van der Waals surface area (Å²) in [7, 11) is -4.08. The van der Waals surface area contributed by atoms with Crippen molar-refractivity contribution >= 4 is 21.0 Å². The van der Waals surface area contributed by atoms with Crippen LogP contribution in [-0.4, -0.2) is 35.0 Å². The van der Waals surface area contributed by atoms with E-state index >= 15 is 0 Å². The number of benzene rings is 2. The molecule has 1 aliphatic heterocycles. The lowest BCUT2D eigenvalue weighted by Gasteiger charge is -2.18. The summed E-state index contributed by atoms with van der Waals surface area (Å²) < 4.78 is 132. The average Bonchev–Trinajstić information content (AvgIpc) is 3.36. The summed E-state index contributed by atoms with van der Waals surface area (Å²) in [5.41, 5.74) is -5.12. The fourth-order valence-electron chi connectivity index (χ4n) is 4.14. The minimum Gasteiger partial charge on any atom is -0.354 e. The fourth-order valence-corrected chi connectivity index (χ4v) is 4.87. The van der Waals surface area contributed by atoms with Crippen LogP contribution >= 0.6 is 0 Å². The molecule has 0 unspecified atom stereocenters. The minimum atomic E-state index is -4.08. The second kappa shape index (κ2) is 7.67. The van der Waals surface area contributed by atoms with Gasteiger partial charge in [-0.1, -0.05) is 5.16 Å². The molecule has 1 N–H and O–H groups in total. The lowest BCUT2D eigenvalue weighted by Crippen LogP contribution is -2.44. The largest absolute Gasteiger partial charge is 0.354 e. The Balaban J connectivity index is 1.76. The topological polar surface area (TPSA) is 99.1 Å². The molecular weight excluding hydrogens is 525 g/mol. The summed E-state index contributed by atoms with van der Waals surface area (Å²) >= 11 is 0. The Kier molecular flexibility index (Phi) is 5.12.